The topological polar surface area (TPSA) is 46.1 Å². The summed E-state index contributed by atoms with van der Waals surface area (Å²) < 4.78 is 1.02. The largest absolute Gasteiger partial charge is 0.304 e. The standard InChI is InChI=1S/C15H13BrClN3O/c1-9-4-15(21)20(8-14-18-6-11(17)7-19-14)13-3-2-10(16)5-12(9)13/h2-3,5-7,9H,4,8H2,1H3. The summed E-state index contributed by atoms with van der Waals surface area (Å²) in [5.74, 6) is 0.888. The second kappa shape index (κ2) is 5.73. The first-order chi connectivity index (χ1) is 10.0. The normalized spacial score (nSPS) is 17.8. The number of carbonyl (C=O) groups excluding carboxylic acids is 1. The fourth-order valence-electron chi connectivity index (χ4n) is 2.52. The van der Waals surface area contributed by atoms with Crippen molar-refractivity contribution in [2.45, 2.75) is 25.8 Å². The van der Waals surface area contributed by atoms with Crippen molar-refractivity contribution >= 4 is 39.1 Å². The Hall–Kier alpha value is -1.46. The molecule has 0 aliphatic carbocycles. The Bertz CT molecular complexity index is 690. The minimum atomic E-state index is 0.0934. The van der Waals surface area contributed by atoms with E-state index in [0.29, 0.717) is 23.8 Å². The molecule has 0 spiro atoms. The Morgan fingerprint density at radius 3 is 2.81 bits per heavy atom. The van der Waals surface area contributed by atoms with Crippen LogP contribution in [-0.4, -0.2) is 15.9 Å². The maximum Gasteiger partial charge on any atom is 0.228 e. The van der Waals surface area contributed by atoms with Gasteiger partial charge in [-0.05, 0) is 29.7 Å². The van der Waals surface area contributed by atoms with Gasteiger partial charge in [0.25, 0.3) is 0 Å². The van der Waals surface area contributed by atoms with Crippen LogP contribution in [0.15, 0.2) is 35.1 Å². The molecule has 0 radical (unpaired) electrons. The highest BCUT2D eigenvalue weighted by molar-refractivity contribution is 9.10. The van der Waals surface area contributed by atoms with Crippen LogP contribution >= 0.6 is 27.5 Å². The van der Waals surface area contributed by atoms with Crippen molar-refractivity contribution < 1.29 is 4.79 Å². The molecular formula is C15H13BrClN3O. The molecule has 3 rings (SSSR count). The third kappa shape index (κ3) is 2.94. The summed E-state index contributed by atoms with van der Waals surface area (Å²) in [5, 5.41) is 0.488. The predicted molar refractivity (Wildman–Crippen MR) is 85.4 cm³/mol. The SMILES string of the molecule is CC1CC(=O)N(Cc2ncc(Cl)cn2)c2ccc(Br)cc21. The Balaban J connectivity index is 1.96. The second-order valence-electron chi connectivity index (χ2n) is 5.11. The summed E-state index contributed by atoms with van der Waals surface area (Å²) >= 11 is 9.27. The third-order valence-corrected chi connectivity index (χ3v) is 4.25. The van der Waals surface area contributed by atoms with Gasteiger partial charge in [0.05, 0.1) is 11.6 Å². The van der Waals surface area contributed by atoms with E-state index in [4.69, 9.17) is 11.6 Å². The molecule has 4 nitrogen and oxygen atoms in total. The molecule has 1 atom stereocenters. The molecule has 6 heteroatoms. The molecule has 0 N–H and O–H groups in total. The number of aromatic nitrogens is 2. The monoisotopic (exact) mass is 365 g/mol. The van der Waals surface area contributed by atoms with Crippen LogP contribution < -0.4 is 4.90 Å². The minimum Gasteiger partial charge on any atom is -0.304 e. The number of fused-ring (bicyclic) bond motifs is 1. The van der Waals surface area contributed by atoms with Crippen molar-refractivity contribution in [2.75, 3.05) is 4.90 Å². The molecule has 1 aliphatic rings. The Kier molecular flexibility index (Phi) is 3.95. The van der Waals surface area contributed by atoms with Crippen molar-refractivity contribution in [3.63, 3.8) is 0 Å². The van der Waals surface area contributed by atoms with Crippen LogP contribution in [0.5, 0.6) is 0 Å². The van der Waals surface area contributed by atoms with Crippen molar-refractivity contribution in [3.05, 3.63) is 51.5 Å². The summed E-state index contributed by atoms with van der Waals surface area (Å²) in [6.45, 7) is 2.43. The first kappa shape index (κ1) is 14.5. The molecule has 21 heavy (non-hydrogen) atoms. The Labute approximate surface area is 136 Å². The lowest BCUT2D eigenvalue weighted by molar-refractivity contribution is -0.119. The number of amides is 1. The first-order valence-corrected chi connectivity index (χ1v) is 7.78. The van der Waals surface area contributed by atoms with Crippen LogP contribution in [0.4, 0.5) is 5.69 Å². The Morgan fingerprint density at radius 1 is 1.38 bits per heavy atom. The lowest BCUT2D eigenvalue weighted by Gasteiger charge is -2.32. The van der Waals surface area contributed by atoms with Crippen LogP contribution in [0.2, 0.25) is 5.02 Å². The molecular weight excluding hydrogens is 354 g/mol. The van der Waals surface area contributed by atoms with E-state index in [1.807, 2.05) is 12.1 Å². The van der Waals surface area contributed by atoms with Gasteiger partial charge >= 0.3 is 0 Å². The molecule has 2 heterocycles. The summed E-state index contributed by atoms with van der Waals surface area (Å²) in [7, 11) is 0. The summed E-state index contributed by atoms with van der Waals surface area (Å²) in [4.78, 5) is 22.4. The van der Waals surface area contributed by atoms with Crippen LogP contribution in [0, 0.1) is 0 Å². The number of hydrogen-bond acceptors (Lipinski definition) is 3. The molecule has 2 aromatic rings. The molecule has 1 unspecified atom stereocenters. The van der Waals surface area contributed by atoms with Gasteiger partial charge in [0.1, 0.15) is 5.82 Å². The van der Waals surface area contributed by atoms with Crippen LogP contribution in [0.1, 0.15) is 30.7 Å². The molecule has 0 bridgehead atoms. The lowest BCUT2D eigenvalue weighted by atomic mass is 9.91. The highest BCUT2D eigenvalue weighted by atomic mass is 79.9. The minimum absolute atomic E-state index is 0.0934. The summed E-state index contributed by atoms with van der Waals surface area (Å²) in [5.41, 5.74) is 2.10. The van der Waals surface area contributed by atoms with E-state index in [1.54, 1.807) is 17.3 Å². The first-order valence-electron chi connectivity index (χ1n) is 6.61. The van der Waals surface area contributed by atoms with E-state index in [-0.39, 0.29) is 11.8 Å². The van der Waals surface area contributed by atoms with Gasteiger partial charge in [0, 0.05) is 29.0 Å². The van der Waals surface area contributed by atoms with Crippen molar-refractivity contribution in [1.29, 1.82) is 0 Å². The predicted octanol–water partition coefficient (Wildman–Crippen LogP) is 3.93. The fraction of sp³-hybridized carbons (Fsp3) is 0.267. The maximum absolute atomic E-state index is 12.4. The molecule has 1 amide bonds. The van der Waals surface area contributed by atoms with Crippen molar-refractivity contribution in [2.24, 2.45) is 0 Å². The third-order valence-electron chi connectivity index (χ3n) is 3.57. The molecule has 108 valence electrons. The molecule has 1 aliphatic heterocycles. The van der Waals surface area contributed by atoms with E-state index in [0.717, 1.165) is 15.7 Å². The molecule has 0 fully saturated rings. The number of anilines is 1. The van der Waals surface area contributed by atoms with Crippen LogP contribution in [0.3, 0.4) is 0 Å². The van der Waals surface area contributed by atoms with Gasteiger partial charge in [-0.25, -0.2) is 9.97 Å². The zero-order valence-corrected chi connectivity index (χ0v) is 13.7. The van der Waals surface area contributed by atoms with Gasteiger partial charge in [0.15, 0.2) is 0 Å². The van der Waals surface area contributed by atoms with E-state index in [2.05, 4.69) is 38.9 Å². The number of nitrogens with zero attached hydrogens (tertiary/aromatic N) is 3. The highest BCUT2D eigenvalue weighted by Gasteiger charge is 2.29. The Morgan fingerprint density at radius 2 is 2.10 bits per heavy atom. The smallest absolute Gasteiger partial charge is 0.228 e. The van der Waals surface area contributed by atoms with Gasteiger partial charge in [-0.3, -0.25) is 4.79 Å². The van der Waals surface area contributed by atoms with E-state index in [1.165, 1.54) is 0 Å². The van der Waals surface area contributed by atoms with Crippen molar-refractivity contribution in [3.8, 4) is 0 Å². The van der Waals surface area contributed by atoms with Crippen molar-refractivity contribution in [1.82, 2.24) is 9.97 Å². The van der Waals surface area contributed by atoms with Gasteiger partial charge in [-0.15, -0.1) is 0 Å². The quantitative estimate of drug-likeness (QED) is 0.809. The number of rotatable bonds is 2. The number of hydrogen-bond donors (Lipinski definition) is 0. The van der Waals surface area contributed by atoms with Crippen LogP contribution in [0.25, 0.3) is 0 Å². The average Bonchev–Trinajstić information content (AvgIpc) is 2.46. The molecule has 0 saturated heterocycles. The number of carbonyl (C=O) groups is 1. The molecule has 1 aromatic heterocycles. The number of benzene rings is 1. The van der Waals surface area contributed by atoms with E-state index in [9.17, 15) is 4.79 Å². The van der Waals surface area contributed by atoms with Gasteiger partial charge in [0.2, 0.25) is 5.91 Å². The van der Waals surface area contributed by atoms with Gasteiger partial charge in [-0.1, -0.05) is 34.5 Å². The molecule has 1 aromatic carbocycles. The van der Waals surface area contributed by atoms with Crippen LogP contribution in [-0.2, 0) is 11.3 Å². The van der Waals surface area contributed by atoms with E-state index < -0.39 is 0 Å². The second-order valence-corrected chi connectivity index (χ2v) is 6.46. The summed E-state index contributed by atoms with van der Waals surface area (Å²) in [6.07, 6.45) is 3.59. The summed E-state index contributed by atoms with van der Waals surface area (Å²) in [6, 6.07) is 5.98. The lowest BCUT2D eigenvalue weighted by Crippen LogP contribution is -2.36. The zero-order valence-electron chi connectivity index (χ0n) is 11.4. The van der Waals surface area contributed by atoms with Gasteiger partial charge < -0.3 is 4.90 Å². The molecule has 0 saturated carbocycles. The van der Waals surface area contributed by atoms with E-state index >= 15 is 0 Å². The zero-order chi connectivity index (χ0) is 15.0. The number of halogens is 2. The maximum atomic E-state index is 12.4. The fourth-order valence-corrected chi connectivity index (χ4v) is 2.99. The average molecular weight is 367 g/mol. The highest BCUT2D eigenvalue weighted by Crippen LogP contribution is 2.37. The van der Waals surface area contributed by atoms with Gasteiger partial charge in [-0.2, -0.15) is 0 Å².